The van der Waals surface area contributed by atoms with Crippen LogP contribution in [-0.4, -0.2) is 35.9 Å². The van der Waals surface area contributed by atoms with Crippen molar-refractivity contribution in [2.75, 3.05) is 18.4 Å². The van der Waals surface area contributed by atoms with Gasteiger partial charge in [-0.05, 0) is 54.5 Å². The summed E-state index contributed by atoms with van der Waals surface area (Å²) in [6.07, 6.45) is 6.48. The van der Waals surface area contributed by atoms with Crippen molar-refractivity contribution in [3.8, 4) is 0 Å². The van der Waals surface area contributed by atoms with Crippen LogP contribution in [0.4, 0.5) is 5.69 Å². The molecule has 3 atom stereocenters. The molecule has 0 aromatic heterocycles. The van der Waals surface area contributed by atoms with Crippen molar-refractivity contribution in [3.05, 3.63) is 102 Å². The first-order valence-electron chi connectivity index (χ1n) is 14.1. The van der Waals surface area contributed by atoms with Crippen molar-refractivity contribution < 1.29 is 14.3 Å². The van der Waals surface area contributed by atoms with Gasteiger partial charge in [-0.3, -0.25) is 9.59 Å². The fraction of sp³-hybridized carbons (Fsp3) is 0.394. The molecule has 3 aromatic rings. The number of carbonyl (C=O) groups is 2. The number of hydrogen-bond acceptors (Lipinski definition) is 3. The van der Waals surface area contributed by atoms with E-state index in [0.29, 0.717) is 11.8 Å². The maximum absolute atomic E-state index is 13.6. The number of benzene rings is 3. The number of hydrogen-bond donors (Lipinski definition) is 1. The zero-order chi connectivity index (χ0) is 25.9. The smallest absolute Gasteiger partial charge is 0.236 e. The standard InChI is InChI=1S/C33H36N2O3/c36-32(31(23-10-3-1-4-11-23)24-12-5-2-6-13-24)34-28-17-9-16-26(20-28)30-21-27-22-35(19-18-29(27)38-30)33(37)25-14-7-8-15-25/h1-6,9-13,16-17,20,25,27,29-31H,7-8,14-15,18-19,21-22H2,(H,34,36). The molecule has 2 saturated heterocycles. The summed E-state index contributed by atoms with van der Waals surface area (Å²) in [5.74, 6) is 0.524. The molecule has 1 N–H and O–H groups in total. The van der Waals surface area contributed by atoms with Crippen LogP contribution in [0.15, 0.2) is 84.9 Å². The summed E-state index contributed by atoms with van der Waals surface area (Å²) >= 11 is 0. The Morgan fingerprint density at radius 3 is 2.21 bits per heavy atom. The van der Waals surface area contributed by atoms with Gasteiger partial charge in [0.25, 0.3) is 0 Å². The Hall–Kier alpha value is -3.44. The number of nitrogens with zero attached hydrogens (tertiary/aromatic N) is 1. The highest BCUT2D eigenvalue weighted by atomic mass is 16.5. The van der Waals surface area contributed by atoms with E-state index < -0.39 is 5.92 Å². The zero-order valence-corrected chi connectivity index (χ0v) is 21.8. The van der Waals surface area contributed by atoms with E-state index in [1.54, 1.807) is 0 Å². The van der Waals surface area contributed by atoms with Crippen molar-refractivity contribution in [1.82, 2.24) is 4.90 Å². The lowest BCUT2D eigenvalue weighted by Crippen LogP contribution is -2.46. The molecule has 5 heteroatoms. The molecule has 196 valence electrons. The van der Waals surface area contributed by atoms with E-state index in [9.17, 15) is 9.59 Å². The van der Waals surface area contributed by atoms with Gasteiger partial charge in [-0.2, -0.15) is 0 Å². The number of ether oxygens (including phenoxy) is 1. The van der Waals surface area contributed by atoms with Gasteiger partial charge in [-0.1, -0.05) is 85.6 Å². The maximum Gasteiger partial charge on any atom is 0.236 e. The summed E-state index contributed by atoms with van der Waals surface area (Å²) in [4.78, 5) is 28.7. The molecule has 0 spiro atoms. The van der Waals surface area contributed by atoms with E-state index in [1.807, 2.05) is 78.9 Å². The highest BCUT2D eigenvalue weighted by molar-refractivity contribution is 5.98. The lowest BCUT2D eigenvalue weighted by atomic mass is 9.90. The van der Waals surface area contributed by atoms with Crippen LogP contribution < -0.4 is 5.32 Å². The molecule has 3 aliphatic rings. The lowest BCUT2D eigenvalue weighted by molar-refractivity contribution is -0.138. The number of carbonyl (C=O) groups excluding carboxylic acids is 2. The molecule has 38 heavy (non-hydrogen) atoms. The average molecular weight is 509 g/mol. The normalized spacial score (nSPS) is 23.4. The Bertz CT molecular complexity index is 1220. The van der Waals surface area contributed by atoms with Crippen LogP contribution >= 0.6 is 0 Å². The third-order valence-corrected chi connectivity index (χ3v) is 8.59. The highest BCUT2D eigenvalue weighted by Crippen LogP contribution is 2.42. The molecule has 3 aromatic carbocycles. The van der Waals surface area contributed by atoms with Crippen molar-refractivity contribution in [2.45, 2.75) is 56.7 Å². The van der Waals surface area contributed by atoms with Crippen molar-refractivity contribution in [2.24, 2.45) is 11.8 Å². The van der Waals surface area contributed by atoms with Crippen LogP contribution in [0.5, 0.6) is 0 Å². The molecule has 1 aliphatic carbocycles. The molecule has 5 nitrogen and oxygen atoms in total. The number of rotatable bonds is 6. The van der Waals surface area contributed by atoms with E-state index in [-0.39, 0.29) is 24.0 Å². The first-order valence-corrected chi connectivity index (χ1v) is 14.1. The van der Waals surface area contributed by atoms with Crippen molar-refractivity contribution in [3.63, 3.8) is 0 Å². The molecule has 2 heterocycles. The second kappa shape index (κ2) is 11.1. The Labute approximate surface area is 225 Å². The van der Waals surface area contributed by atoms with Gasteiger partial charge < -0.3 is 15.0 Å². The van der Waals surface area contributed by atoms with E-state index in [2.05, 4.69) is 16.3 Å². The first kappa shape index (κ1) is 24.9. The number of anilines is 1. The predicted octanol–water partition coefficient (Wildman–Crippen LogP) is 6.33. The molecular weight excluding hydrogens is 472 g/mol. The zero-order valence-electron chi connectivity index (χ0n) is 21.8. The fourth-order valence-electron chi connectivity index (χ4n) is 6.62. The topological polar surface area (TPSA) is 58.6 Å². The Kier molecular flexibility index (Phi) is 7.28. The molecule has 0 bridgehead atoms. The highest BCUT2D eigenvalue weighted by Gasteiger charge is 2.42. The van der Waals surface area contributed by atoms with Crippen LogP contribution in [-0.2, 0) is 14.3 Å². The van der Waals surface area contributed by atoms with E-state index in [4.69, 9.17) is 4.74 Å². The maximum atomic E-state index is 13.6. The van der Waals surface area contributed by atoms with E-state index in [0.717, 1.165) is 61.2 Å². The lowest BCUT2D eigenvalue weighted by Gasteiger charge is -2.35. The van der Waals surface area contributed by atoms with Gasteiger partial charge in [0.1, 0.15) is 0 Å². The van der Waals surface area contributed by atoms with Gasteiger partial charge in [0.2, 0.25) is 11.8 Å². The number of nitrogens with one attached hydrogen (secondary N) is 1. The van der Waals surface area contributed by atoms with Gasteiger partial charge in [0.05, 0.1) is 18.1 Å². The van der Waals surface area contributed by atoms with Crippen molar-refractivity contribution >= 4 is 17.5 Å². The van der Waals surface area contributed by atoms with Gasteiger partial charge in [-0.15, -0.1) is 0 Å². The van der Waals surface area contributed by atoms with Crippen LogP contribution in [0.1, 0.15) is 67.2 Å². The second-order valence-corrected chi connectivity index (χ2v) is 11.1. The molecule has 0 radical (unpaired) electrons. The van der Waals surface area contributed by atoms with Gasteiger partial charge >= 0.3 is 0 Å². The van der Waals surface area contributed by atoms with Crippen LogP contribution in [0.2, 0.25) is 0 Å². The van der Waals surface area contributed by atoms with Crippen LogP contribution in [0, 0.1) is 11.8 Å². The first-order chi connectivity index (χ1) is 18.7. The predicted molar refractivity (Wildman–Crippen MR) is 149 cm³/mol. The molecule has 2 aliphatic heterocycles. The molecule has 3 unspecified atom stereocenters. The SMILES string of the molecule is O=C(Nc1cccc(C2CC3CN(C(=O)C4CCCC4)CCC3O2)c1)C(c1ccccc1)c1ccccc1. The number of piperidine rings is 1. The minimum absolute atomic E-state index is 0.0116. The average Bonchev–Trinajstić information content (AvgIpc) is 3.64. The summed E-state index contributed by atoms with van der Waals surface area (Å²) in [5, 5.41) is 3.17. The summed E-state index contributed by atoms with van der Waals surface area (Å²) in [6.45, 7) is 1.61. The third-order valence-electron chi connectivity index (χ3n) is 8.59. The Morgan fingerprint density at radius 2 is 1.53 bits per heavy atom. The number of amides is 2. The quantitative estimate of drug-likeness (QED) is 0.424. The molecule has 2 amide bonds. The minimum Gasteiger partial charge on any atom is -0.370 e. The summed E-state index contributed by atoms with van der Waals surface area (Å²) in [5.41, 5.74) is 3.79. The van der Waals surface area contributed by atoms with Gasteiger partial charge in [-0.25, -0.2) is 0 Å². The molecular formula is C33H36N2O3. The third kappa shape index (κ3) is 5.25. The number of fused-ring (bicyclic) bond motifs is 1. The largest absolute Gasteiger partial charge is 0.370 e. The minimum atomic E-state index is -0.393. The Morgan fingerprint density at radius 1 is 0.842 bits per heavy atom. The number of likely N-dealkylation sites (tertiary alicyclic amines) is 1. The molecule has 1 saturated carbocycles. The summed E-state index contributed by atoms with van der Waals surface area (Å²) < 4.78 is 6.50. The second-order valence-electron chi connectivity index (χ2n) is 11.1. The summed E-state index contributed by atoms with van der Waals surface area (Å²) in [6, 6.07) is 27.9. The molecule has 6 rings (SSSR count). The molecule has 3 fully saturated rings. The van der Waals surface area contributed by atoms with Crippen molar-refractivity contribution in [1.29, 1.82) is 0 Å². The van der Waals surface area contributed by atoms with Gasteiger partial charge in [0.15, 0.2) is 0 Å². The van der Waals surface area contributed by atoms with Crippen LogP contribution in [0.25, 0.3) is 0 Å². The monoisotopic (exact) mass is 508 g/mol. The van der Waals surface area contributed by atoms with Crippen LogP contribution in [0.3, 0.4) is 0 Å². The van der Waals surface area contributed by atoms with E-state index >= 15 is 0 Å². The van der Waals surface area contributed by atoms with Gasteiger partial charge in [0, 0.05) is 30.6 Å². The van der Waals surface area contributed by atoms with E-state index in [1.165, 1.54) is 12.8 Å². The summed E-state index contributed by atoms with van der Waals surface area (Å²) in [7, 11) is 0. The Balaban J connectivity index is 1.14. The fourth-order valence-corrected chi connectivity index (χ4v) is 6.62.